The number of amidine groups is 1. The average Bonchev–Trinajstić information content (AvgIpc) is 2.44. The first kappa shape index (κ1) is 14.0. The fourth-order valence-corrected chi connectivity index (χ4v) is 1.14. The molecule has 0 saturated carbocycles. The SMILES string of the molecule is CCOC(=O)/C(N=[N+]=[N-])=N/Nc1ccccc1C#N. The molecule has 1 aromatic rings. The predicted molar refractivity (Wildman–Crippen MR) is 68.0 cm³/mol. The number of nitrogens with one attached hydrogen (secondary N) is 1. The minimum Gasteiger partial charge on any atom is -0.461 e. The van der Waals surface area contributed by atoms with Crippen LogP contribution in [0.4, 0.5) is 5.69 Å². The summed E-state index contributed by atoms with van der Waals surface area (Å²) < 4.78 is 4.66. The van der Waals surface area contributed by atoms with Crippen molar-refractivity contribution < 1.29 is 9.53 Å². The van der Waals surface area contributed by atoms with Crippen LogP contribution in [0, 0.1) is 11.3 Å². The van der Waals surface area contributed by atoms with Gasteiger partial charge in [0.05, 0.1) is 17.9 Å². The molecule has 19 heavy (non-hydrogen) atoms. The molecule has 0 aromatic heterocycles. The molecule has 96 valence electrons. The van der Waals surface area contributed by atoms with Gasteiger partial charge in [-0.05, 0) is 29.7 Å². The normalized spacial score (nSPS) is 10.0. The van der Waals surface area contributed by atoms with Gasteiger partial charge in [-0.3, -0.25) is 5.43 Å². The van der Waals surface area contributed by atoms with Crippen LogP contribution in [0.3, 0.4) is 0 Å². The number of nitriles is 1. The Morgan fingerprint density at radius 3 is 2.95 bits per heavy atom. The van der Waals surface area contributed by atoms with Crippen molar-refractivity contribution in [3.63, 3.8) is 0 Å². The molecule has 0 aliphatic rings. The van der Waals surface area contributed by atoms with E-state index < -0.39 is 11.8 Å². The van der Waals surface area contributed by atoms with Crippen LogP contribution in [-0.2, 0) is 9.53 Å². The molecule has 0 fully saturated rings. The largest absolute Gasteiger partial charge is 0.461 e. The highest BCUT2D eigenvalue weighted by atomic mass is 16.5. The van der Waals surface area contributed by atoms with Crippen molar-refractivity contribution in [3.05, 3.63) is 40.3 Å². The van der Waals surface area contributed by atoms with E-state index in [1.54, 1.807) is 31.2 Å². The molecule has 8 nitrogen and oxygen atoms in total. The third kappa shape index (κ3) is 4.03. The number of hydrogen-bond donors (Lipinski definition) is 1. The van der Waals surface area contributed by atoms with Crippen molar-refractivity contribution in [2.75, 3.05) is 12.0 Å². The van der Waals surface area contributed by atoms with Gasteiger partial charge in [0.1, 0.15) is 6.07 Å². The fourth-order valence-electron chi connectivity index (χ4n) is 1.14. The van der Waals surface area contributed by atoms with E-state index in [4.69, 9.17) is 10.8 Å². The minimum atomic E-state index is -0.845. The Morgan fingerprint density at radius 1 is 1.58 bits per heavy atom. The Morgan fingerprint density at radius 2 is 2.32 bits per heavy atom. The molecule has 0 aliphatic heterocycles. The highest BCUT2D eigenvalue weighted by Gasteiger charge is 2.11. The van der Waals surface area contributed by atoms with Gasteiger partial charge in [-0.25, -0.2) is 4.79 Å². The molecule has 0 atom stereocenters. The molecule has 0 spiro atoms. The van der Waals surface area contributed by atoms with Crippen molar-refractivity contribution in [2.45, 2.75) is 6.92 Å². The van der Waals surface area contributed by atoms with Gasteiger partial charge in [-0.2, -0.15) is 10.4 Å². The number of nitrogens with zero attached hydrogens (tertiary/aromatic N) is 5. The topological polar surface area (TPSA) is 123 Å². The van der Waals surface area contributed by atoms with E-state index >= 15 is 0 Å². The zero-order valence-electron chi connectivity index (χ0n) is 10.1. The second-order valence-electron chi connectivity index (χ2n) is 3.11. The molecule has 0 radical (unpaired) electrons. The van der Waals surface area contributed by atoms with Crippen molar-refractivity contribution in [2.24, 2.45) is 10.2 Å². The first-order chi connectivity index (χ1) is 9.22. The van der Waals surface area contributed by atoms with Gasteiger partial charge in [0, 0.05) is 4.91 Å². The minimum absolute atomic E-state index is 0.133. The number of hydrazone groups is 1. The lowest BCUT2D eigenvalue weighted by Gasteiger charge is -2.04. The second kappa shape index (κ2) is 7.32. The van der Waals surface area contributed by atoms with E-state index in [1.165, 1.54) is 0 Å². The molecule has 0 bridgehead atoms. The molecule has 1 N–H and O–H groups in total. The number of hydrogen-bond acceptors (Lipinski definition) is 5. The monoisotopic (exact) mass is 258 g/mol. The number of carbonyl (C=O) groups is 1. The van der Waals surface area contributed by atoms with Gasteiger partial charge in [-0.15, -0.1) is 0 Å². The van der Waals surface area contributed by atoms with Gasteiger partial charge in [0.25, 0.3) is 0 Å². The summed E-state index contributed by atoms with van der Waals surface area (Å²) in [6, 6.07) is 8.51. The van der Waals surface area contributed by atoms with Crippen LogP contribution in [0.1, 0.15) is 12.5 Å². The van der Waals surface area contributed by atoms with Crippen LogP contribution in [0.2, 0.25) is 0 Å². The van der Waals surface area contributed by atoms with Gasteiger partial charge < -0.3 is 4.74 Å². The zero-order valence-corrected chi connectivity index (χ0v) is 10.1. The maximum atomic E-state index is 11.4. The van der Waals surface area contributed by atoms with E-state index in [0.29, 0.717) is 11.3 Å². The average molecular weight is 258 g/mol. The molecule has 0 aliphatic carbocycles. The van der Waals surface area contributed by atoms with Crippen LogP contribution >= 0.6 is 0 Å². The highest BCUT2D eigenvalue weighted by Crippen LogP contribution is 2.13. The number of para-hydroxylation sites is 1. The van der Waals surface area contributed by atoms with E-state index in [2.05, 4.69) is 25.3 Å². The lowest BCUT2D eigenvalue weighted by Crippen LogP contribution is -2.16. The van der Waals surface area contributed by atoms with Gasteiger partial charge >= 0.3 is 5.97 Å². The van der Waals surface area contributed by atoms with Gasteiger partial charge in [0.15, 0.2) is 0 Å². The Balaban J connectivity index is 2.96. The van der Waals surface area contributed by atoms with E-state index in [-0.39, 0.29) is 6.61 Å². The lowest BCUT2D eigenvalue weighted by molar-refractivity contribution is -0.135. The number of ether oxygens (including phenoxy) is 1. The summed E-state index contributed by atoms with van der Waals surface area (Å²) in [5, 5.41) is 15.6. The Bertz CT molecular complexity index is 583. The van der Waals surface area contributed by atoms with E-state index in [0.717, 1.165) is 0 Å². The molecule has 0 unspecified atom stereocenters. The van der Waals surface area contributed by atoms with E-state index in [9.17, 15) is 4.79 Å². The quantitative estimate of drug-likeness (QED) is 0.170. The maximum Gasteiger partial charge on any atom is 0.361 e. The number of azide groups is 1. The Labute approximate surface area is 108 Å². The molecule has 1 rings (SSSR count). The summed E-state index contributed by atoms with van der Waals surface area (Å²) in [4.78, 5) is 13.9. The highest BCUT2D eigenvalue weighted by molar-refractivity contribution is 6.35. The number of esters is 1. The lowest BCUT2D eigenvalue weighted by atomic mass is 10.2. The fraction of sp³-hybridized carbons (Fsp3) is 0.182. The van der Waals surface area contributed by atoms with Gasteiger partial charge in [-0.1, -0.05) is 12.1 Å². The van der Waals surface area contributed by atoms with Crippen molar-refractivity contribution in [3.8, 4) is 6.07 Å². The van der Waals surface area contributed by atoms with Crippen LogP contribution in [0.5, 0.6) is 0 Å². The summed E-state index contributed by atoms with van der Waals surface area (Å²) in [5.74, 6) is -1.31. The third-order valence-electron chi connectivity index (χ3n) is 1.93. The van der Waals surface area contributed by atoms with Crippen LogP contribution in [0.15, 0.2) is 34.5 Å². The Hall–Kier alpha value is -3.04. The van der Waals surface area contributed by atoms with Gasteiger partial charge in [0.2, 0.25) is 5.84 Å². The van der Waals surface area contributed by atoms with Crippen molar-refractivity contribution in [1.29, 1.82) is 5.26 Å². The standard InChI is InChI=1S/C11H10N6O2/c1-2-19-11(18)10(16-17-13)15-14-9-6-4-3-5-8(9)7-12/h3-6,14H,2H2,1H3/b15-10-. The number of carbonyl (C=O) groups excluding carboxylic acids is 1. The molecule has 1 aromatic carbocycles. The molecular weight excluding hydrogens is 248 g/mol. The van der Waals surface area contributed by atoms with E-state index in [1.807, 2.05) is 6.07 Å². The van der Waals surface area contributed by atoms with Crippen molar-refractivity contribution >= 4 is 17.5 Å². The van der Waals surface area contributed by atoms with Crippen LogP contribution in [0.25, 0.3) is 10.4 Å². The molecule has 0 amide bonds. The summed E-state index contributed by atoms with van der Waals surface area (Å²) in [7, 11) is 0. The summed E-state index contributed by atoms with van der Waals surface area (Å²) in [6.07, 6.45) is 0. The van der Waals surface area contributed by atoms with Crippen molar-refractivity contribution in [1.82, 2.24) is 0 Å². The molecular formula is C11H10N6O2. The summed E-state index contributed by atoms with van der Waals surface area (Å²) in [6.45, 7) is 1.75. The second-order valence-corrected chi connectivity index (χ2v) is 3.11. The molecule has 8 heteroatoms. The van der Waals surface area contributed by atoms with Crippen LogP contribution < -0.4 is 5.43 Å². The zero-order chi connectivity index (χ0) is 14.1. The first-order valence-electron chi connectivity index (χ1n) is 5.28. The summed E-state index contributed by atoms with van der Waals surface area (Å²) >= 11 is 0. The van der Waals surface area contributed by atoms with Crippen LogP contribution in [-0.4, -0.2) is 18.4 Å². The number of rotatable bonds is 3. The number of anilines is 1. The third-order valence-corrected chi connectivity index (χ3v) is 1.93. The molecule has 0 heterocycles. The maximum absolute atomic E-state index is 11.4. The summed E-state index contributed by atoms with van der Waals surface area (Å²) in [5.41, 5.74) is 11.6. The Kier molecular flexibility index (Phi) is 5.40. The first-order valence-corrected chi connectivity index (χ1v) is 5.28. The predicted octanol–water partition coefficient (Wildman–Crippen LogP) is 2.16. The smallest absolute Gasteiger partial charge is 0.361 e. The molecule has 0 saturated heterocycles. The number of benzene rings is 1.